The molecule has 0 N–H and O–H groups in total. The van der Waals surface area contributed by atoms with Crippen molar-refractivity contribution in [1.82, 2.24) is 0 Å². The van der Waals surface area contributed by atoms with Gasteiger partial charge in [-0.2, -0.15) is 0 Å². The minimum absolute atomic E-state index is 0. The van der Waals surface area contributed by atoms with E-state index in [2.05, 4.69) is 0 Å². The summed E-state index contributed by atoms with van der Waals surface area (Å²) < 4.78 is 0. The Hall–Kier alpha value is 6.34. The Labute approximate surface area is 198 Å². The van der Waals surface area contributed by atoms with E-state index in [1.54, 1.807) is 0 Å². The molecule has 0 aromatic heterocycles. The zero-order valence-corrected chi connectivity index (χ0v) is 17.3. The molecule has 0 bridgehead atoms. The normalized spacial score (nSPS) is 0. The van der Waals surface area contributed by atoms with Crippen LogP contribution in [0.5, 0.6) is 0 Å². The van der Waals surface area contributed by atoms with E-state index in [0.29, 0.717) is 0 Å². The summed E-state index contributed by atoms with van der Waals surface area (Å²) in [7, 11) is 0. The summed E-state index contributed by atoms with van der Waals surface area (Å²) in [5, 5.41) is 0. The van der Waals surface area contributed by atoms with Crippen molar-refractivity contribution in [3.05, 3.63) is 0 Å². The van der Waals surface area contributed by atoms with Crippen LogP contribution in [0.1, 0.15) is 8.56 Å². The molecule has 0 saturated carbocycles. The van der Waals surface area contributed by atoms with Gasteiger partial charge >= 0.3 is 142 Å². The largest absolute Gasteiger partial charge is 2.00 e. The number of hydrogen-bond donors (Lipinski definition) is 0. The molecule has 0 atom stereocenters. The van der Waals surface area contributed by atoms with Crippen LogP contribution in [-0.2, 0) is 36.5 Å². The molecule has 0 unspecified atom stereocenters. The van der Waals surface area contributed by atoms with E-state index in [9.17, 15) is 0 Å². The third-order valence-electron chi connectivity index (χ3n) is 0. The third-order valence-corrected chi connectivity index (χ3v) is 0. The molecule has 0 aliphatic rings. The van der Waals surface area contributed by atoms with Gasteiger partial charge in [-0.15, -0.1) is 0 Å². The van der Waals surface area contributed by atoms with Crippen molar-refractivity contribution < 1.29 is 126 Å². The molecule has 0 aromatic rings. The molecular weight excluding hydrogens is 275 g/mol. The first kappa shape index (κ1) is 50.5. The van der Waals surface area contributed by atoms with E-state index in [1.807, 2.05) is 0 Å². The van der Waals surface area contributed by atoms with Crippen LogP contribution in [0, 0.1) is 0 Å². The molecule has 7 heteroatoms. The van der Waals surface area contributed by atoms with Crippen molar-refractivity contribution in [2.24, 2.45) is 0 Å². The first-order valence-electron chi connectivity index (χ1n) is 0. The molecule has 7 heavy (non-hydrogen) atoms. The van der Waals surface area contributed by atoms with Crippen LogP contribution < -0.4 is 80.9 Å². The molecule has 28 valence electrons. The third kappa shape index (κ3) is 32.8. The Morgan fingerprint density at radius 3 is 1.14 bits per heavy atom. The molecule has 0 aliphatic carbocycles. The molecule has 0 radical (unpaired) electrons. The van der Waals surface area contributed by atoms with Crippen LogP contribution >= 0.6 is 0 Å². The fourth-order valence-corrected chi connectivity index (χ4v) is 0. The first-order valence-corrected chi connectivity index (χ1v) is 0. The Balaban J connectivity index is 0. The maximum absolute atomic E-state index is 0. The van der Waals surface area contributed by atoms with Crippen molar-refractivity contribution in [2.45, 2.75) is 0 Å². The van der Waals surface area contributed by atoms with Crippen LogP contribution in [0.25, 0.3) is 0 Å². The zero-order valence-electron chi connectivity index (χ0n) is 10.5. The SMILES string of the molecule is [AlH3].[Ca+2].[Fe].[H-].[H-].[H-].[H-].[H-].[H-].[K+].[Mg+2].[Na+].[Zn]. The van der Waals surface area contributed by atoms with Gasteiger partial charge in [0, 0.05) is 36.5 Å². The van der Waals surface area contributed by atoms with E-state index in [4.69, 9.17) is 0 Å². The second-order valence-corrected chi connectivity index (χ2v) is 0. The van der Waals surface area contributed by atoms with Gasteiger partial charge in [0.2, 0.25) is 0 Å². The molecule has 0 aromatic carbocycles. The second kappa shape index (κ2) is 39.5. The van der Waals surface area contributed by atoms with E-state index in [-0.39, 0.29) is 204 Å². The average Bonchev–Trinajstić information content (AvgIpc) is 0. The van der Waals surface area contributed by atoms with Crippen LogP contribution in [-0.4, -0.2) is 78.2 Å². The summed E-state index contributed by atoms with van der Waals surface area (Å²) in [6, 6.07) is 0. The molecule has 0 rings (SSSR count). The van der Waals surface area contributed by atoms with Crippen molar-refractivity contribution in [3.8, 4) is 0 Å². The van der Waals surface area contributed by atoms with Gasteiger partial charge in [-0.1, -0.05) is 0 Å². The molecule has 0 fully saturated rings. The first-order chi connectivity index (χ1) is 0. The van der Waals surface area contributed by atoms with Gasteiger partial charge in [-0.25, -0.2) is 0 Å². The van der Waals surface area contributed by atoms with E-state index in [0.717, 1.165) is 0 Å². The van der Waals surface area contributed by atoms with E-state index < -0.39 is 0 Å². The van der Waals surface area contributed by atoms with Crippen molar-refractivity contribution in [3.63, 3.8) is 0 Å². The Morgan fingerprint density at radius 1 is 1.14 bits per heavy atom. The molecule has 0 amide bonds. The van der Waals surface area contributed by atoms with Gasteiger partial charge in [-0.3, -0.25) is 0 Å². The van der Waals surface area contributed by atoms with Crippen molar-refractivity contribution in [1.29, 1.82) is 0 Å². The topological polar surface area (TPSA) is 0 Å². The summed E-state index contributed by atoms with van der Waals surface area (Å²) in [5.41, 5.74) is 0. The zero-order chi connectivity index (χ0) is 0. The van der Waals surface area contributed by atoms with Crippen LogP contribution in [0.4, 0.5) is 0 Å². The minimum atomic E-state index is 0. The quantitative estimate of drug-likeness (QED) is 0.388. The molecule has 0 heterocycles. The summed E-state index contributed by atoms with van der Waals surface area (Å²) >= 11 is 0. The van der Waals surface area contributed by atoms with Crippen molar-refractivity contribution >= 4 is 78.2 Å². The van der Waals surface area contributed by atoms with Gasteiger partial charge in [0.15, 0.2) is 17.4 Å². The van der Waals surface area contributed by atoms with E-state index >= 15 is 0 Å². The molecular formula is H9AlCaFeKMgNaZn. The maximum Gasteiger partial charge on any atom is 2.00 e. The van der Waals surface area contributed by atoms with Gasteiger partial charge in [-0.05, 0) is 0 Å². The van der Waals surface area contributed by atoms with Crippen LogP contribution in [0.2, 0.25) is 0 Å². The van der Waals surface area contributed by atoms with Crippen LogP contribution in [0.15, 0.2) is 0 Å². The number of rotatable bonds is 0. The Bertz CT molecular complexity index is 32.6. The fraction of sp³-hybridized carbons (Fsp3) is 0. The summed E-state index contributed by atoms with van der Waals surface area (Å²) in [6.07, 6.45) is 0. The fourth-order valence-electron chi connectivity index (χ4n) is 0. The summed E-state index contributed by atoms with van der Waals surface area (Å²) in [6.45, 7) is 0. The van der Waals surface area contributed by atoms with Crippen molar-refractivity contribution in [2.75, 3.05) is 0 Å². The smallest absolute Gasteiger partial charge is 1.00 e. The monoisotopic (exact) mass is 282 g/mol. The summed E-state index contributed by atoms with van der Waals surface area (Å²) in [5.74, 6) is 0. The molecule has 0 aliphatic heterocycles. The Kier molecular flexibility index (Phi) is 285. The predicted octanol–water partition coefficient (Wildman–Crippen LogP) is -7.27. The average molecular weight is 284 g/mol. The predicted molar refractivity (Wildman–Crippen MR) is 28.1 cm³/mol. The van der Waals surface area contributed by atoms with Gasteiger partial charge < -0.3 is 8.56 Å². The summed E-state index contributed by atoms with van der Waals surface area (Å²) in [4.78, 5) is 0. The standard InChI is InChI=1S/Al.Ca.Fe.K.Mg.Na.Zn.9H/q;+2;;+1;+2;+1;;;;;6*-1. The minimum Gasteiger partial charge on any atom is -1.00 e. The van der Waals surface area contributed by atoms with Gasteiger partial charge in [0.25, 0.3) is 0 Å². The van der Waals surface area contributed by atoms with Gasteiger partial charge in [0.05, 0.1) is 0 Å². The Morgan fingerprint density at radius 2 is 1.14 bits per heavy atom. The van der Waals surface area contributed by atoms with Crippen LogP contribution in [0.3, 0.4) is 0 Å². The number of hydrogen-bond acceptors (Lipinski definition) is 0. The maximum atomic E-state index is 0. The van der Waals surface area contributed by atoms with E-state index in [1.165, 1.54) is 0 Å². The molecule has 0 spiro atoms. The van der Waals surface area contributed by atoms with Gasteiger partial charge in [0.1, 0.15) is 0 Å². The molecule has 0 saturated heterocycles. The molecule has 0 nitrogen and oxygen atoms in total. The second-order valence-electron chi connectivity index (χ2n) is 0.